The minimum Gasteiger partial charge on any atom is -0.481 e. The molecule has 0 spiro atoms. The van der Waals surface area contributed by atoms with Crippen LogP contribution in [0.5, 0.6) is 0 Å². The van der Waals surface area contributed by atoms with Gasteiger partial charge in [0.05, 0.1) is 5.41 Å². The second kappa shape index (κ2) is 6.96. The average molecular weight is 271 g/mol. The zero-order valence-electron chi connectivity index (χ0n) is 10.9. The number of rotatable bonds is 6. The molecule has 0 aromatic carbocycles. The van der Waals surface area contributed by atoms with Gasteiger partial charge >= 0.3 is 12.0 Å². The van der Waals surface area contributed by atoms with Crippen LogP contribution in [0.3, 0.4) is 0 Å². The summed E-state index contributed by atoms with van der Waals surface area (Å²) >= 11 is 0. The lowest BCUT2D eigenvalue weighted by atomic mass is 9.71. The third kappa shape index (κ3) is 4.76. The van der Waals surface area contributed by atoms with Gasteiger partial charge in [0.15, 0.2) is 0 Å². The van der Waals surface area contributed by atoms with E-state index in [0.717, 1.165) is 19.3 Å². The Labute approximate surface area is 111 Å². The Kier molecular flexibility index (Phi) is 5.59. The predicted octanol–water partition coefficient (Wildman–Crippen LogP) is 0.196. The molecule has 0 aliphatic heterocycles. The van der Waals surface area contributed by atoms with E-state index in [2.05, 4.69) is 10.6 Å². The molecule has 0 atom stereocenters. The van der Waals surface area contributed by atoms with Crippen LogP contribution in [-0.2, 0) is 9.59 Å². The molecule has 0 aromatic heterocycles. The van der Waals surface area contributed by atoms with Gasteiger partial charge in [0.1, 0.15) is 0 Å². The van der Waals surface area contributed by atoms with Gasteiger partial charge < -0.3 is 21.5 Å². The van der Waals surface area contributed by atoms with Gasteiger partial charge in [-0.25, -0.2) is 4.79 Å². The lowest BCUT2D eigenvalue weighted by Gasteiger charge is -2.32. The van der Waals surface area contributed by atoms with Crippen molar-refractivity contribution in [1.29, 1.82) is 0 Å². The smallest absolute Gasteiger partial charge is 0.312 e. The van der Waals surface area contributed by atoms with Crippen molar-refractivity contribution < 1.29 is 19.5 Å². The van der Waals surface area contributed by atoms with E-state index in [1.807, 2.05) is 0 Å². The van der Waals surface area contributed by atoms with Crippen molar-refractivity contribution in [2.75, 3.05) is 13.1 Å². The standard InChI is InChI=1S/C12H21N3O4/c13-11(19)15-7-6-14-9(16)8-12(10(17)18)4-2-1-3-5-12/h1-8H2,(H,14,16)(H,17,18)(H3,13,15,19). The molecule has 0 saturated heterocycles. The topological polar surface area (TPSA) is 122 Å². The number of carbonyl (C=O) groups is 3. The second-order valence-corrected chi connectivity index (χ2v) is 4.96. The first-order valence-electron chi connectivity index (χ1n) is 6.50. The van der Waals surface area contributed by atoms with Crippen LogP contribution in [0.15, 0.2) is 0 Å². The van der Waals surface area contributed by atoms with E-state index in [1.165, 1.54) is 0 Å². The molecule has 1 saturated carbocycles. The summed E-state index contributed by atoms with van der Waals surface area (Å²) in [7, 11) is 0. The number of urea groups is 1. The summed E-state index contributed by atoms with van der Waals surface area (Å²) in [6.45, 7) is 0.485. The Bertz CT molecular complexity index is 351. The van der Waals surface area contributed by atoms with Crippen LogP contribution in [0.1, 0.15) is 38.5 Å². The van der Waals surface area contributed by atoms with E-state index in [-0.39, 0.29) is 25.4 Å². The van der Waals surface area contributed by atoms with E-state index in [1.54, 1.807) is 0 Å². The molecule has 7 nitrogen and oxygen atoms in total. The minimum absolute atomic E-state index is 0.00109. The molecule has 108 valence electrons. The van der Waals surface area contributed by atoms with Crippen LogP contribution in [0.25, 0.3) is 0 Å². The Morgan fingerprint density at radius 3 is 2.16 bits per heavy atom. The molecule has 0 aromatic rings. The van der Waals surface area contributed by atoms with E-state index in [0.29, 0.717) is 12.8 Å². The van der Waals surface area contributed by atoms with Crippen LogP contribution in [0.2, 0.25) is 0 Å². The summed E-state index contributed by atoms with van der Waals surface area (Å²) in [6.07, 6.45) is 3.83. The number of nitrogens with two attached hydrogens (primary N) is 1. The van der Waals surface area contributed by atoms with E-state index in [9.17, 15) is 19.5 Å². The van der Waals surface area contributed by atoms with Crippen LogP contribution >= 0.6 is 0 Å². The zero-order chi connectivity index (χ0) is 14.3. The van der Waals surface area contributed by atoms with Crippen molar-refractivity contribution in [1.82, 2.24) is 10.6 Å². The van der Waals surface area contributed by atoms with Gasteiger partial charge in [-0.1, -0.05) is 19.3 Å². The lowest BCUT2D eigenvalue weighted by Crippen LogP contribution is -2.41. The Morgan fingerprint density at radius 1 is 1.05 bits per heavy atom. The Hall–Kier alpha value is -1.79. The first-order chi connectivity index (χ1) is 8.96. The zero-order valence-corrected chi connectivity index (χ0v) is 10.9. The summed E-state index contributed by atoms with van der Waals surface area (Å²) in [5.74, 6) is -1.19. The second-order valence-electron chi connectivity index (χ2n) is 4.96. The summed E-state index contributed by atoms with van der Waals surface area (Å²) < 4.78 is 0. The van der Waals surface area contributed by atoms with Crippen LogP contribution in [-0.4, -0.2) is 36.1 Å². The Balaban J connectivity index is 2.39. The third-order valence-corrected chi connectivity index (χ3v) is 3.51. The summed E-state index contributed by atoms with van der Waals surface area (Å²) in [5, 5.41) is 14.3. The van der Waals surface area contributed by atoms with Crippen LogP contribution in [0, 0.1) is 5.41 Å². The number of carbonyl (C=O) groups excluding carboxylic acids is 2. The highest BCUT2D eigenvalue weighted by Crippen LogP contribution is 2.39. The molecule has 5 N–H and O–H groups in total. The number of hydrogen-bond acceptors (Lipinski definition) is 3. The molecule has 0 bridgehead atoms. The quantitative estimate of drug-likeness (QED) is 0.515. The molecule has 7 heteroatoms. The molecular weight excluding hydrogens is 250 g/mol. The van der Waals surface area contributed by atoms with Gasteiger partial charge in [-0.2, -0.15) is 0 Å². The number of amides is 3. The summed E-state index contributed by atoms with van der Waals surface area (Å²) in [4.78, 5) is 33.5. The van der Waals surface area contributed by atoms with Gasteiger partial charge in [0.2, 0.25) is 5.91 Å². The van der Waals surface area contributed by atoms with Gasteiger partial charge in [0, 0.05) is 19.5 Å². The number of hydrogen-bond donors (Lipinski definition) is 4. The molecule has 3 amide bonds. The third-order valence-electron chi connectivity index (χ3n) is 3.51. The van der Waals surface area contributed by atoms with Crippen molar-refractivity contribution in [3.05, 3.63) is 0 Å². The summed E-state index contributed by atoms with van der Waals surface area (Å²) in [6, 6.07) is -0.650. The van der Waals surface area contributed by atoms with Crippen molar-refractivity contribution in [3.8, 4) is 0 Å². The Morgan fingerprint density at radius 2 is 1.63 bits per heavy atom. The van der Waals surface area contributed by atoms with Crippen LogP contribution in [0.4, 0.5) is 4.79 Å². The summed E-state index contributed by atoms with van der Waals surface area (Å²) in [5.41, 5.74) is 3.96. The molecular formula is C12H21N3O4. The number of primary amides is 1. The van der Waals surface area contributed by atoms with E-state index in [4.69, 9.17) is 5.73 Å². The maximum absolute atomic E-state index is 11.7. The minimum atomic E-state index is -0.917. The SMILES string of the molecule is NC(=O)NCCNC(=O)CC1(C(=O)O)CCCCC1. The largest absolute Gasteiger partial charge is 0.481 e. The monoisotopic (exact) mass is 271 g/mol. The number of nitrogens with one attached hydrogen (secondary N) is 2. The highest BCUT2D eigenvalue weighted by atomic mass is 16.4. The van der Waals surface area contributed by atoms with E-state index < -0.39 is 17.4 Å². The molecule has 0 heterocycles. The van der Waals surface area contributed by atoms with Gasteiger partial charge in [-0.3, -0.25) is 9.59 Å². The molecule has 1 rings (SSSR count). The van der Waals surface area contributed by atoms with Crippen LogP contribution < -0.4 is 16.4 Å². The maximum atomic E-state index is 11.7. The molecule has 19 heavy (non-hydrogen) atoms. The normalized spacial score (nSPS) is 17.5. The first kappa shape index (κ1) is 15.3. The van der Waals surface area contributed by atoms with Crippen molar-refractivity contribution in [2.24, 2.45) is 11.1 Å². The highest BCUT2D eigenvalue weighted by Gasteiger charge is 2.41. The highest BCUT2D eigenvalue weighted by molar-refractivity contribution is 5.85. The van der Waals surface area contributed by atoms with Crippen molar-refractivity contribution in [2.45, 2.75) is 38.5 Å². The van der Waals surface area contributed by atoms with E-state index >= 15 is 0 Å². The lowest BCUT2D eigenvalue weighted by molar-refractivity contribution is -0.154. The molecule has 1 aliphatic carbocycles. The first-order valence-corrected chi connectivity index (χ1v) is 6.50. The number of aliphatic carboxylic acids is 1. The molecule has 1 aliphatic rings. The van der Waals surface area contributed by atoms with Gasteiger partial charge in [-0.05, 0) is 12.8 Å². The number of carboxylic acid groups (broad SMARTS) is 1. The molecule has 0 unspecified atom stereocenters. The fourth-order valence-electron chi connectivity index (χ4n) is 2.45. The van der Waals surface area contributed by atoms with Gasteiger partial charge in [0.25, 0.3) is 0 Å². The average Bonchev–Trinajstić information content (AvgIpc) is 2.35. The van der Waals surface area contributed by atoms with Gasteiger partial charge in [-0.15, -0.1) is 0 Å². The predicted molar refractivity (Wildman–Crippen MR) is 68.4 cm³/mol. The van der Waals surface area contributed by atoms with Crippen molar-refractivity contribution >= 4 is 17.9 Å². The fourth-order valence-corrected chi connectivity index (χ4v) is 2.45. The maximum Gasteiger partial charge on any atom is 0.312 e. The molecule has 0 radical (unpaired) electrons. The van der Waals surface area contributed by atoms with Crippen molar-refractivity contribution in [3.63, 3.8) is 0 Å². The fraction of sp³-hybridized carbons (Fsp3) is 0.750. The molecule has 1 fully saturated rings. The number of carboxylic acids is 1.